The monoisotopic (exact) mass is 302 g/mol. The largest absolute Gasteiger partial charge is 0.497 e. The SMILES string of the molecule is COc1ccc(Br)c(CC2CCCC2Cl)c1. The van der Waals surface area contributed by atoms with E-state index in [1.807, 2.05) is 12.1 Å². The molecule has 1 nitrogen and oxygen atoms in total. The van der Waals surface area contributed by atoms with E-state index in [4.69, 9.17) is 16.3 Å². The zero-order valence-corrected chi connectivity index (χ0v) is 11.7. The Kier molecular flexibility index (Phi) is 4.15. The van der Waals surface area contributed by atoms with E-state index in [1.54, 1.807) is 7.11 Å². The highest BCUT2D eigenvalue weighted by Gasteiger charge is 2.25. The molecule has 0 N–H and O–H groups in total. The van der Waals surface area contributed by atoms with Gasteiger partial charge in [-0.15, -0.1) is 11.6 Å². The van der Waals surface area contributed by atoms with Gasteiger partial charge in [0.1, 0.15) is 5.75 Å². The highest BCUT2D eigenvalue weighted by Crippen LogP contribution is 2.35. The molecule has 3 heteroatoms. The standard InChI is InChI=1S/C13H16BrClO/c1-16-11-5-6-12(14)10(8-11)7-9-3-2-4-13(9)15/h5-6,8-9,13H,2-4,7H2,1H3. The van der Waals surface area contributed by atoms with E-state index in [9.17, 15) is 0 Å². The van der Waals surface area contributed by atoms with Crippen LogP contribution in [0.2, 0.25) is 0 Å². The van der Waals surface area contributed by atoms with Gasteiger partial charge in [-0.25, -0.2) is 0 Å². The van der Waals surface area contributed by atoms with E-state index in [0.29, 0.717) is 11.3 Å². The van der Waals surface area contributed by atoms with Crippen LogP contribution in [0.4, 0.5) is 0 Å². The zero-order chi connectivity index (χ0) is 11.5. The number of halogens is 2. The van der Waals surface area contributed by atoms with Gasteiger partial charge in [-0.3, -0.25) is 0 Å². The third-order valence-corrected chi connectivity index (χ3v) is 4.65. The Hall–Kier alpha value is -0.210. The molecule has 0 heterocycles. The predicted molar refractivity (Wildman–Crippen MR) is 71.4 cm³/mol. The van der Waals surface area contributed by atoms with Crippen molar-refractivity contribution in [3.05, 3.63) is 28.2 Å². The molecule has 0 amide bonds. The van der Waals surface area contributed by atoms with Crippen molar-refractivity contribution in [3.8, 4) is 5.75 Å². The van der Waals surface area contributed by atoms with Gasteiger partial charge in [0.2, 0.25) is 0 Å². The topological polar surface area (TPSA) is 9.23 Å². The molecule has 0 saturated heterocycles. The first-order valence-corrected chi connectivity index (χ1v) is 6.90. The summed E-state index contributed by atoms with van der Waals surface area (Å²) in [5.74, 6) is 1.53. The highest BCUT2D eigenvalue weighted by atomic mass is 79.9. The summed E-state index contributed by atoms with van der Waals surface area (Å²) in [5.41, 5.74) is 1.30. The fourth-order valence-electron chi connectivity index (χ4n) is 2.34. The molecule has 16 heavy (non-hydrogen) atoms. The van der Waals surface area contributed by atoms with Gasteiger partial charge in [0, 0.05) is 9.85 Å². The highest BCUT2D eigenvalue weighted by molar-refractivity contribution is 9.10. The van der Waals surface area contributed by atoms with Gasteiger partial charge in [0.15, 0.2) is 0 Å². The molecule has 2 atom stereocenters. The van der Waals surface area contributed by atoms with Crippen molar-refractivity contribution in [2.45, 2.75) is 31.1 Å². The summed E-state index contributed by atoms with van der Waals surface area (Å²) in [6, 6.07) is 6.12. The van der Waals surface area contributed by atoms with Crippen LogP contribution in [-0.4, -0.2) is 12.5 Å². The van der Waals surface area contributed by atoms with Crippen LogP contribution in [0.15, 0.2) is 22.7 Å². The molecule has 2 unspecified atom stereocenters. The zero-order valence-electron chi connectivity index (χ0n) is 9.38. The van der Waals surface area contributed by atoms with Crippen LogP contribution in [0.1, 0.15) is 24.8 Å². The summed E-state index contributed by atoms with van der Waals surface area (Å²) in [6.07, 6.45) is 4.72. The molecule has 0 spiro atoms. The lowest BCUT2D eigenvalue weighted by molar-refractivity contribution is 0.413. The van der Waals surface area contributed by atoms with E-state index in [2.05, 4.69) is 22.0 Å². The number of alkyl halides is 1. The molecule has 1 aromatic carbocycles. The minimum Gasteiger partial charge on any atom is -0.497 e. The summed E-state index contributed by atoms with van der Waals surface area (Å²) in [7, 11) is 1.70. The van der Waals surface area contributed by atoms with Gasteiger partial charge >= 0.3 is 0 Å². The minimum atomic E-state index is 0.345. The van der Waals surface area contributed by atoms with Gasteiger partial charge in [-0.05, 0) is 48.9 Å². The molecule has 88 valence electrons. The molecule has 0 radical (unpaired) electrons. The first-order chi connectivity index (χ1) is 7.70. The Balaban J connectivity index is 2.13. The summed E-state index contributed by atoms with van der Waals surface area (Å²) >= 11 is 9.90. The van der Waals surface area contributed by atoms with Crippen LogP contribution in [-0.2, 0) is 6.42 Å². The summed E-state index contributed by atoms with van der Waals surface area (Å²) in [5, 5.41) is 0.345. The molecule has 1 aliphatic rings. The average molecular weight is 304 g/mol. The van der Waals surface area contributed by atoms with Crippen molar-refractivity contribution >= 4 is 27.5 Å². The minimum absolute atomic E-state index is 0.345. The normalized spacial score (nSPS) is 24.7. The molecule has 1 aromatic rings. The maximum absolute atomic E-state index is 6.31. The quantitative estimate of drug-likeness (QED) is 0.752. The van der Waals surface area contributed by atoms with E-state index in [1.165, 1.54) is 18.4 Å². The Morgan fingerprint density at radius 2 is 2.25 bits per heavy atom. The van der Waals surface area contributed by atoms with Gasteiger partial charge in [-0.2, -0.15) is 0 Å². The number of hydrogen-bond acceptors (Lipinski definition) is 1. The van der Waals surface area contributed by atoms with Crippen LogP contribution in [0.3, 0.4) is 0 Å². The second kappa shape index (κ2) is 5.42. The second-order valence-electron chi connectivity index (χ2n) is 4.37. The van der Waals surface area contributed by atoms with E-state index in [-0.39, 0.29) is 0 Å². The average Bonchev–Trinajstić information content (AvgIpc) is 2.68. The van der Waals surface area contributed by atoms with Crippen LogP contribution in [0.25, 0.3) is 0 Å². The van der Waals surface area contributed by atoms with Crippen molar-refractivity contribution < 1.29 is 4.74 Å². The van der Waals surface area contributed by atoms with Crippen LogP contribution < -0.4 is 4.74 Å². The summed E-state index contributed by atoms with van der Waals surface area (Å²) < 4.78 is 6.40. The van der Waals surface area contributed by atoms with Crippen LogP contribution in [0.5, 0.6) is 5.75 Å². The first-order valence-electron chi connectivity index (χ1n) is 5.67. The number of benzene rings is 1. The van der Waals surface area contributed by atoms with Gasteiger partial charge in [0.05, 0.1) is 7.11 Å². The molecular weight excluding hydrogens is 287 g/mol. The number of methoxy groups -OCH3 is 1. The van der Waals surface area contributed by atoms with Gasteiger partial charge in [0.25, 0.3) is 0 Å². The summed E-state index contributed by atoms with van der Waals surface area (Å²) in [6.45, 7) is 0. The third-order valence-electron chi connectivity index (χ3n) is 3.30. The first kappa shape index (κ1) is 12.3. The fraction of sp³-hybridized carbons (Fsp3) is 0.538. The maximum atomic E-state index is 6.31. The Morgan fingerprint density at radius 3 is 2.88 bits per heavy atom. The molecule has 2 rings (SSSR count). The smallest absolute Gasteiger partial charge is 0.119 e. The molecule has 1 saturated carbocycles. The van der Waals surface area contributed by atoms with E-state index < -0.39 is 0 Å². The van der Waals surface area contributed by atoms with Crippen molar-refractivity contribution in [1.82, 2.24) is 0 Å². The van der Waals surface area contributed by atoms with Crippen molar-refractivity contribution in [2.24, 2.45) is 5.92 Å². The predicted octanol–water partition coefficient (Wildman–Crippen LogP) is 4.41. The van der Waals surface area contributed by atoms with E-state index in [0.717, 1.165) is 23.1 Å². The van der Waals surface area contributed by atoms with Crippen molar-refractivity contribution in [1.29, 1.82) is 0 Å². The number of hydrogen-bond donors (Lipinski definition) is 0. The second-order valence-corrected chi connectivity index (χ2v) is 5.78. The van der Waals surface area contributed by atoms with Crippen LogP contribution in [0, 0.1) is 5.92 Å². The lowest BCUT2D eigenvalue weighted by Crippen LogP contribution is -2.10. The molecule has 0 aliphatic heterocycles. The Morgan fingerprint density at radius 1 is 1.44 bits per heavy atom. The number of ether oxygens (including phenoxy) is 1. The molecule has 0 aromatic heterocycles. The molecular formula is C13H16BrClO. The van der Waals surface area contributed by atoms with E-state index >= 15 is 0 Å². The lowest BCUT2D eigenvalue weighted by atomic mass is 9.97. The fourth-order valence-corrected chi connectivity index (χ4v) is 3.12. The molecule has 1 aliphatic carbocycles. The molecule has 1 fully saturated rings. The van der Waals surface area contributed by atoms with Gasteiger partial charge in [-0.1, -0.05) is 22.4 Å². The third kappa shape index (κ3) is 2.72. The Labute approximate surface area is 110 Å². The van der Waals surface area contributed by atoms with Crippen molar-refractivity contribution in [2.75, 3.05) is 7.11 Å². The summed E-state index contributed by atoms with van der Waals surface area (Å²) in [4.78, 5) is 0. The van der Waals surface area contributed by atoms with Crippen molar-refractivity contribution in [3.63, 3.8) is 0 Å². The molecule has 0 bridgehead atoms. The maximum Gasteiger partial charge on any atom is 0.119 e. The van der Waals surface area contributed by atoms with Gasteiger partial charge < -0.3 is 4.74 Å². The lowest BCUT2D eigenvalue weighted by Gasteiger charge is -2.15. The van der Waals surface area contributed by atoms with Crippen LogP contribution >= 0.6 is 27.5 Å². The number of rotatable bonds is 3. The Bertz CT molecular complexity index is 367.